The number of carbonyl (C=O) groups excluding carboxylic acids is 2. The first-order valence-electron chi connectivity index (χ1n) is 11.5. The van der Waals surface area contributed by atoms with E-state index in [1.165, 1.54) is 12.2 Å². The van der Waals surface area contributed by atoms with Gasteiger partial charge in [0.1, 0.15) is 5.60 Å². The predicted molar refractivity (Wildman–Crippen MR) is 141 cm³/mol. The molecule has 1 aromatic heterocycles. The number of hydrogen-bond acceptors (Lipinski definition) is 6. The third-order valence-electron chi connectivity index (χ3n) is 5.30. The fourth-order valence-corrected chi connectivity index (χ4v) is 3.49. The van der Waals surface area contributed by atoms with E-state index in [-0.39, 0.29) is 63.3 Å². The quantitative estimate of drug-likeness (QED) is 0.341. The number of ether oxygens (including phenoxy) is 1. The summed E-state index contributed by atoms with van der Waals surface area (Å²) in [4.78, 5) is 43.5. The Morgan fingerprint density at radius 2 is 1.64 bits per heavy atom. The van der Waals surface area contributed by atoms with Crippen molar-refractivity contribution in [2.75, 3.05) is 26.2 Å². The van der Waals surface area contributed by atoms with Gasteiger partial charge >= 0.3 is 63.4 Å². The van der Waals surface area contributed by atoms with Crippen LogP contribution in [0.15, 0.2) is 54.7 Å². The number of piperazine rings is 1. The monoisotopic (exact) mass is 517 g/mol. The van der Waals surface area contributed by atoms with E-state index in [1.54, 1.807) is 29.3 Å². The summed E-state index contributed by atoms with van der Waals surface area (Å²) in [6, 6.07) is 11.0. The number of allylic oxidation sites excluding steroid dienone is 1. The number of ketones is 1. The first-order valence-corrected chi connectivity index (χ1v) is 11.5. The van der Waals surface area contributed by atoms with Crippen molar-refractivity contribution in [2.45, 2.75) is 32.9 Å². The van der Waals surface area contributed by atoms with Gasteiger partial charge in [0.05, 0.1) is 5.69 Å². The molecule has 3 rings (SSSR count). The average Bonchev–Trinajstić information content (AvgIpc) is 2.81. The number of carboxylic acid groups (broad SMARTS) is 1. The van der Waals surface area contributed by atoms with Gasteiger partial charge in [0, 0.05) is 50.6 Å². The van der Waals surface area contributed by atoms with Crippen LogP contribution in [0.1, 0.15) is 48.0 Å². The zero-order valence-electron chi connectivity index (χ0n) is 20.3. The second-order valence-corrected chi connectivity index (χ2v) is 9.33. The number of benzene rings is 1. The minimum atomic E-state index is -1.03. The van der Waals surface area contributed by atoms with E-state index in [0.29, 0.717) is 24.3 Å². The number of carbonyl (C=O) groups is 3. The van der Waals surface area contributed by atoms with Gasteiger partial charge in [0.15, 0.2) is 5.78 Å². The molecule has 2 aromatic rings. The second-order valence-electron chi connectivity index (χ2n) is 9.33. The molecule has 186 valence electrons. The van der Waals surface area contributed by atoms with Crippen molar-refractivity contribution in [2.24, 2.45) is 0 Å². The van der Waals surface area contributed by atoms with Crippen LogP contribution in [0.5, 0.6) is 0 Å². The van der Waals surface area contributed by atoms with Gasteiger partial charge in [-0.1, -0.05) is 30.3 Å². The molecule has 1 aromatic carbocycles. The number of aromatic nitrogens is 1. The van der Waals surface area contributed by atoms with Gasteiger partial charge in [-0.3, -0.25) is 14.7 Å². The van der Waals surface area contributed by atoms with Gasteiger partial charge in [0.2, 0.25) is 0 Å². The van der Waals surface area contributed by atoms with Crippen molar-refractivity contribution in [1.29, 1.82) is 0 Å². The van der Waals surface area contributed by atoms with Crippen LogP contribution in [0.3, 0.4) is 0 Å². The Morgan fingerprint density at radius 1 is 0.972 bits per heavy atom. The number of pyridine rings is 1. The Balaban J connectivity index is 0.00000456. The van der Waals surface area contributed by atoms with Crippen LogP contribution < -0.4 is 0 Å². The zero-order valence-corrected chi connectivity index (χ0v) is 20.3. The van der Waals surface area contributed by atoms with Crippen molar-refractivity contribution < 1.29 is 24.2 Å². The van der Waals surface area contributed by atoms with E-state index in [2.05, 4.69) is 9.88 Å². The zero-order chi connectivity index (χ0) is 25.4. The number of rotatable bonds is 7. The van der Waals surface area contributed by atoms with Crippen LogP contribution in [0.4, 0.5) is 4.79 Å². The van der Waals surface area contributed by atoms with Crippen LogP contribution in [0.2, 0.25) is 0 Å². The molecular formula is C27H32KN3O5. The van der Waals surface area contributed by atoms with Gasteiger partial charge in [-0.2, -0.15) is 0 Å². The van der Waals surface area contributed by atoms with Crippen molar-refractivity contribution >= 4 is 81.4 Å². The number of hydrogen-bond donors (Lipinski definition) is 1. The summed E-state index contributed by atoms with van der Waals surface area (Å²) in [5, 5.41) is 8.66. The van der Waals surface area contributed by atoms with E-state index in [4.69, 9.17) is 9.84 Å². The maximum absolute atomic E-state index is 12.5. The Kier molecular flexibility index (Phi) is 11.7. The molecule has 1 saturated heterocycles. The third-order valence-corrected chi connectivity index (χ3v) is 5.30. The standard InChI is InChI=1S/C27H31N3O5.K.H/c1-27(2,3)35-26(34)30-16-14-29(15-17-30)19-21-4-8-22(9-5-21)24(31)12-7-20-6-10-23(28-18-20)11-13-25(32)33;;/h4-13,18H,14-17,19H2,1-3H3,(H,32,33);;/b12-7+,13-11+;;. The van der Waals surface area contributed by atoms with Gasteiger partial charge in [-0.25, -0.2) is 9.59 Å². The molecule has 0 radical (unpaired) electrons. The molecule has 9 heteroatoms. The molecule has 36 heavy (non-hydrogen) atoms. The predicted octanol–water partition coefficient (Wildman–Crippen LogP) is 3.48. The topological polar surface area (TPSA) is 100 Å². The number of aliphatic carboxylic acids is 1. The van der Waals surface area contributed by atoms with Crippen LogP contribution in [0.25, 0.3) is 12.2 Å². The molecule has 1 fully saturated rings. The Bertz CT molecular complexity index is 1100. The Labute approximate surface area is 254 Å². The summed E-state index contributed by atoms with van der Waals surface area (Å²) in [7, 11) is 0. The van der Waals surface area contributed by atoms with Gasteiger partial charge < -0.3 is 14.7 Å². The van der Waals surface area contributed by atoms with E-state index in [1.807, 2.05) is 45.0 Å². The van der Waals surface area contributed by atoms with Gasteiger partial charge in [-0.05, 0) is 56.2 Å². The molecule has 0 aliphatic carbocycles. The van der Waals surface area contributed by atoms with Crippen LogP contribution in [-0.4, -0.2) is 121 Å². The molecular weight excluding hydrogens is 485 g/mol. The fraction of sp³-hybridized carbons (Fsp3) is 0.333. The Morgan fingerprint density at radius 3 is 2.19 bits per heavy atom. The normalized spacial score (nSPS) is 14.6. The molecule has 0 atom stereocenters. The van der Waals surface area contributed by atoms with E-state index >= 15 is 0 Å². The average molecular weight is 518 g/mol. The second kappa shape index (κ2) is 14.0. The Hall–Kier alpha value is -2.14. The summed E-state index contributed by atoms with van der Waals surface area (Å²) in [6.45, 7) is 9.13. The fourth-order valence-electron chi connectivity index (χ4n) is 3.49. The summed E-state index contributed by atoms with van der Waals surface area (Å²) in [5.74, 6) is -1.15. The van der Waals surface area contributed by atoms with Crippen molar-refractivity contribution in [1.82, 2.24) is 14.8 Å². The SMILES string of the molecule is CC(C)(C)OC(=O)N1CCN(Cc2ccc(C(=O)/C=C/c3ccc(/C=C/C(=O)O)nc3)cc2)CC1.[KH]. The molecule has 1 aliphatic heterocycles. The number of amides is 1. The first-order chi connectivity index (χ1) is 16.6. The van der Waals surface area contributed by atoms with Crippen LogP contribution >= 0.6 is 0 Å². The molecule has 1 N–H and O–H groups in total. The molecule has 0 unspecified atom stereocenters. The van der Waals surface area contributed by atoms with Crippen LogP contribution in [-0.2, 0) is 16.1 Å². The summed E-state index contributed by atoms with van der Waals surface area (Å²) < 4.78 is 5.44. The molecule has 0 bridgehead atoms. The molecule has 0 saturated carbocycles. The molecule has 1 aliphatic rings. The van der Waals surface area contributed by atoms with E-state index < -0.39 is 11.6 Å². The molecule has 0 spiro atoms. The minimum absolute atomic E-state index is 0. The maximum atomic E-state index is 12.5. The number of nitrogens with zero attached hydrogens (tertiary/aromatic N) is 3. The van der Waals surface area contributed by atoms with E-state index in [0.717, 1.165) is 36.8 Å². The van der Waals surface area contributed by atoms with Crippen LogP contribution in [0, 0.1) is 0 Å². The van der Waals surface area contributed by atoms with Gasteiger partial charge in [0.25, 0.3) is 0 Å². The summed E-state index contributed by atoms with van der Waals surface area (Å²) >= 11 is 0. The summed E-state index contributed by atoms with van der Waals surface area (Å²) in [5.41, 5.74) is 2.47. The van der Waals surface area contributed by atoms with Gasteiger partial charge in [-0.15, -0.1) is 0 Å². The van der Waals surface area contributed by atoms with Crippen molar-refractivity contribution in [3.63, 3.8) is 0 Å². The molecule has 1 amide bonds. The van der Waals surface area contributed by atoms with Crippen molar-refractivity contribution in [3.8, 4) is 0 Å². The van der Waals surface area contributed by atoms with Crippen molar-refractivity contribution in [3.05, 3.63) is 77.1 Å². The number of carboxylic acids is 1. The summed E-state index contributed by atoms with van der Waals surface area (Å²) in [6.07, 6.45) is 6.91. The first kappa shape index (κ1) is 30.1. The van der Waals surface area contributed by atoms with E-state index in [9.17, 15) is 14.4 Å². The third kappa shape index (κ3) is 10.1. The molecule has 8 nitrogen and oxygen atoms in total. The molecule has 2 heterocycles.